The number of rotatable bonds is 0. The topological polar surface area (TPSA) is 23.5 Å². The van der Waals surface area contributed by atoms with Gasteiger partial charge in [0, 0.05) is 4.90 Å². The number of phenolic OH excluding ortho intramolecular Hbond substituents is 1. The minimum absolute atomic E-state index is 0.232. The minimum Gasteiger partial charge on any atom is -0.507 e. The molecule has 0 fully saturated rings. The molecule has 0 aromatic heterocycles. The lowest BCUT2D eigenvalue weighted by Gasteiger charge is -1.91. The number of para-hydroxylation sites is 1. The Bertz CT molecular complexity index is 202. The number of thiol groups is 1. The maximum Gasteiger partial charge on any atom is 0.128 e. The van der Waals surface area contributed by atoms with Gasteiger partial charge in [0.05, 0.1) is 0 Å². The molecule has 2 nitrogen and oxygen atoms in total. The number of nitrogens with zero attached hydrogens (tertiary/aromatic N) is 1. The molecule has 0 aliphatic carbocycles. The molecule has 0 aliphatic rings. The van der Waals surface area contributed by atoms with E-state index in [1.165, 1.54) is 0 Å². The summed E-state index contributed by atoms with van der Waals surface area (Å²) in [6.45, 7) is 0. The van der Waals surface area contributed by atoms with Crippen molar-refractivity contribution in [1.29, 1.82) is 0 Å². The maximum atomic E-state index is 8.84. The molecule has 68 valence electrons. The van der Waals surface area contributed by atoms with Gasteiger partial charge in [0.15, 0.2) is 0 Å². The molecule has 0 saturated carbocycles. The molecule has 0 atom stereocenters. The van der Waals surface area contributed by atoms with Crippen LogP contribution in [0.15, 0.2) is 29.2 Å². The van der Waals surface area contributed by atoms with Gasteiger partial charge in [-0.1, -0.05) is 12.1 Å². The molecule has 0 spiro atoms. The first-order chi connectivity index (χ1) is 5.54. The molecule has 0 radical (unpaired) electrons. The van der Waals surface area contributed by atoms with E-state index in [1.54, 1.807) is 18.2 Å². The first-order valence-electron chi connectivity index (χ1n) is 3.62. The van der Waals surface area contributed by atoms with Crippen molar-refractivity contribution in [2.24, 2.45) is 0 Å². The first kappa shape index (κ1) is 11.3. The Kier molecular flexibility index (Phi) is 5.58. The summed E-state index contributed by atoms with van der Waals surface area (Å²) in [5.41, 5.74) is 0. The lowest BCUT2D eigenvalue weighted by atomic mass is 10.3. The molecular formula is C9H15NOS. The van der Waals surface area contributed by atoms with Gasteiger partial charge in [0.2, 0.25) is 0 Å². The Labute approximate surface area is 79.2 Å². The summed E-state index contributed by atoms with van der Waals surface area (Å²) in [5, 5.41) is 8.84. The number of phenols is 1. The Morgan fingerprint density at radius 2 is 1.58 bits per heavy atom. The molecule has 12 heavy (non-hydrogen) atoms. The van der Waals surface area contributed by atoms with E-state index in [9.17, 15) is 0 Å². The Morgan fingerprint density at radius 3 is 1.83 bits per heavy atom. The van der Waals surface area contributed by atoms with Gasteiger partial charge in [0.25, 0.3) is 0 Å². The van der Waals surface area contributed by atoms with Crippen LogP contribution in [0.25, 0.3) is 0 Å². The van der Waals surface area contributed by atoms with E-state index in [1.807, 2.05) is 32.1 Å². The van der Waals surface area contributed by atoms with Crippen LogP contribution < -0.4 is 0 Å². The van der Waals surface area contributed by atoms with Gasteiger partial charge in [-0.3, -0.25) is 0 Å². The molecule has 1 aromatic carbocycles. The molecule has 0 saturated heterocycles. The summed E-state index contributed by atoms with van der Waals surface area (Å²) in [6, 6.07) is 6.91. The monoisotopic (exact) mass is 185 g/mol. The van der Waals surface area contributed by atoms with E-state index in [4.69, 9.17) is 5.11 Å². The predicted molar refractivity (Wildman–Crippen MR) is 55.0 cm³/mol. The Morgan fingerprint density at radius 1 is 1.17 bits per heavy atom. The van der Waals surface area contributed by atoms with Crippen LogP contribution in [-0.4, -0.2) is 31.1 Å². The molecule has 1 aromatic rings. The van der Waals surface area contributed by atoms with Crippen LogP contribution in [0.5, 0.6) is 5.75 Å². The average Bonchev–Trinajstić information content (AvgIpc) is 1.94. The number of hydrogen-bond donors (Lipinski definition) is 2. The third-order valence-corrected chi connectivity index (χ3v) is 1.26. The van der Waals surface area contributed by atoms with Crippen molar-refractivity contribution in [3.05, 3.63) is 24.3 Å². The van der Waals surface area contributed by atoms with Gasteiger partial charge in [-0.05, 0) is 33.3 Å². The number of benzene rings is 1. The summed E-state index contributed by atoms with van der Waals surface area (Å²) in [5.74, 6) is 0.232. The highest BCUT2D eigenvalue weighted by Crippen LogP contribution is 2.18. The molecule has 0 aliphatic heterocycles. The smallest absolute Gasteiger partial charge is 0.128 e. The summed E-state index contributed by atoms with van der Waals surface area (Å²) in [6.07, 6.45) is 0. The van der Waals surface area contributed by atoms with Crippen molar-refractivity contribution in [2.45, 2.75) is 4.90 Å². The van der Waals surface area contributed by atoms with E-state index in [-0.39, 0.29) is 5.75 Å². The largest absolute Gasteiger partial charge is 0.507 e. The average molecular weight is 185 g/mol. The van der Waals surface area contributed by atoms with Crippen LogP contribution in [0, 0.1) is 0 Å². The van der Waals surface area contributed by atoms with E-state index in [2.05, 4.69) is 12.6 Å². The highest BCUT2D eigenvalue weighted by molar-refractivity contribution is 7.80. The summed E-state index contributed by atoms with van der Waals surface area (Å²) < 4.78 is 0. The fourth-order valence-electron chi connectivity index (χ4n) is 0.464. The van der Waals surface area contributed by atoms with Crippen molar-refractivity contribution >= 4 is 12.6 Å². The molecule has 1 rings (SSSR count). The first-order valence-corrected chi connectivity index (χ1v) is 4.06. The van der Waals surface area contributed by atoms with Gasteiger partial charge < -0.3 is 10.0 Å². The zero-order chi connectivity index (χ0) is 9.56. The molecule has 3 heteroatoms. The van der Waals surface area contributed by atoms with Crippen LogP contribution in [-0.2, 0) is 0 Å². The van der Waals surface area contributed by atoms with E-state index < -0.39 is 0 Å². The zero-order valence-electron chi connectivity index (χ0n) is 7.65. The zero-order valence-corrected chi connectivity index (χ0v) is 8.55. The third kappa shape index (κ3) is 6.07. The standard InChI is InChI=1S/C6H6OS.C3H9N/c7-5-3-1-2-4-6(5)8;1-4(2)3/h1-4,7-8H;1-3H3. The van der Waals surface area contributed by atoms with E-state index >= 15 is 0 Å². The minimum atomic E-state index is 0.232. The molecular weight excluding hydrogens is 170 g/mol. The van der Waals surface area contributed by atoms with Crippen molar-refractivity contribution < 1.29 is 5.11 Å². The van der Waals surface area contributed by atoms with Crippen LogP contribution in [0.3, 0.4) is 0 Å². The van der Waals surface area contributed by atoms with Crippen molar-refractivity contribution in [3.8, 4) is 5.75 Å². The fourth-order valence-corrected chi connectivity index (χ4v) is 0.625. The van der Waals surface area contributed by atoms with Gasteiger partial charge in [-0.2, -0.15) is 0 Å². The van der Waals surface area contributed by atoms with Gasteiger partial charge in [0.1, 0.15) is 5.75 Å². The third-order valence-electron chi connectivity index (χ3n) is 0.882. The number of aromatic hydroxyl groups is 1. The second-order valence-corrected chi connectivity index (χ2v) is 3.31. The van der Waals surface area contributed by atoms with Crippen molar-refractivity contribution in [3.63, 3.8) is 0 Å². The molecule has 1 N–H and O–H groups in total. The van der Waals surface area contributed by atoms with E-state index in [0.717, 1.165) is 0 Å². The van der Waals surface area contributed by atoms with E-state index in [0.29, 0.717) is 4.90 Å². The lowest BCUT2D eigenvalue weighted by Crippen LogP contribution is -1.99. The Hall–Kier alpha value is -0.670. The van der Waals surface area contributed by atoms with Gasteiger partial charge >= 0.3 is 0 Å². The second-order valence-electron chi connectivity index (χ2n) is 2.83. The summed E-state index contributed by atoms with van der Waals surface area (Å²) in [7, 11) is 6.00. The Balaban J connectivity index is 0.000000261. The highest BCUT2D eigenvalue weighted by atomic mass is 32.1. The molecule has 0 amide bonds. The second kappa shape index (κ2) is 5.91. The van der Waals surface area contributed by atoms with Crippen LogP contribution in [0.1, 0.15) is 0 Å². The molecule has 0 heterocycles. The summed E-state index contributed by atoms with van der Waals surface area (Å²) in [4.78, 5) is 2.62. The van der Waals surface area contributed by atoms with Crippen LogP contribution in [0.4, 0.5) is 0 Å². The van der Waals surface area contributed by atoms with Crippen LogP contribution in [0.2, 0.25) is 0 Å². The lowest BCUT2D eigenvalue weighted by molar-refractivity contribution is 0.463. The van der Waals surface area contributed by atoms with Gasteiger partial charge in [-0.15, -0.1) is 12.6 Å². The number of hydrogen-bond acceptors (Lipinski definition) is 3. The van der Waals surface area contributed by atoms with Gasteiger partial charge in [-0.25, -0.2) is 0 Å². The quantitative estimate of drug-likeness (QED) is 0.603. The van der Waals surface area contributed by atoms with Crippen molar-refractivity contribution in [2.75, 3.05) is 21.1 Å². The van der Waals surface area contributed by atoms with Crippen molar-refractivity contribution in [1.82, 2.24) is 4.90 Å². The normalized spacial score (nSPS) is 9.08. The van der Waals surface area contributed by atoms with Crippen LogP contribution >= 0.6 is 12.6 Å². The maximum absolute atomic E-state index is 8.84. The summed E-state index contributed by atoms with van der Waals surface area (Å²) >= 11 is 3.95. The highest BCUT2D eigenvalue weighted by Gasteiger charge is 1.88. The molecule has 0 unspecified atom stereocenters. The molecule has 0 bridgehead atoms. The fraction of sp³-hybridized carbons (Fsp3) is 0.333. The predicted octanol–water partition coefficient (Wildman–Crippen LogP) is 1.86. The SMILES string of the molecule is CN(C)C.Oc1ccccc1S.